The third-order valence-electron chi connectivity index (χ3n) is 3.50. The third-order valence-corrected chi connectivity index (χ3v) is 3.73. The van der Waals surface area contributed by atoms with Crippen LogP contribution >= 0.6 is 11.6 Å². The van der Waals surface area contributed by atoms with E-state index in [9.17, 15) is 0 Å². The van der Waals surface area contributed by atoms with Gasteiger partial charge in [-0.05, 0) is 48.2 Å². The van der Waals surface area contributed by atoms with Crippen LogP contribution in [0, 0.1) is 0 Å². The first-order chi connectivity index (χ1) is 9.24. The SMILES string of the molecule is CCc1ccc(C(CCN)c2cccc(Cl)c2)cc1. The number of nitrogens with two attached hydrogens (primary N) is 1. The Kier molecular flexibility index (Phi) is 5.00. The minimum Gasteiger partial charge on any atom is -0.330 e. The average Bonchev–Trinajstić information content (AvgIpc) is 2.45. The molecule has 0 radical (unpaired) electrons. The molecule has 0 amide bonds. The normalized spacial score (nSPS) is 12.4. The van der Waals surface area contributed by atoms with Crippen molar-refractivity contribution < 1.29 is 0 Å². The van der Waals surface area contributed by atoms with Crippen molar-refractivity contribution in [2.45, 2.75) is 25.7 Å². The van der Waals surface area contributed by atoms with Gasteiger partial charge in [-0.2, -0.15) is 0 Å². The second-order valence-corrected chi connectivity index (χ2v) is 5.22. The Labute approximate surface area is 120 Å². The van der Waals surface area contributed by atoms with Gasteiger partial charge in [0, 0.05) is 10.9 Å². The van der Waals surface area contributed by atoms with Crippen LogP contribution in [-0.2, 0) is 6.42 Å². The molecule has 2 heteroatoms. The second kappa shape index (κ2) is 6.74. The van der Waals surface area contributed by atoms with E-state index >= 15 is 0 Å². The van der Waals surface area contributed by atoms with Crippen molar-refractivity contribution in [1.29, 1.82) is 0 Å². The highest BCUT2D eigenvalue weighted by Gasteiger charge is 2.13. The Balaban J connectivity index is 2.33. The van der Waals surface area contributed by atoms with Crippen LogP contribution in [0.25, 0.3) is 0 Å². The Bertz CT molecular complexity index is 519. The van der Waals surface area contributed by atoms with Gasteiger partial charge < -0.3 is 5.73 Å². The zero-order valence-corrected chi connectivity index (χ0v) is 12.0. The smallest absolute Gasteiger partial charge is 0.0408 e. The van der Waals surface area contributed by atoms with Crippen molar-refractivity contribution >= 4 is 11.6 Å². The van der Waals surface area contributed by atoms with E-state index in [0.717, 1.165) is 17.9 Å². The Hall–Kier alpha value is -1.31. The molecule has 0 saturated heterocycles. The highest BCUT2D eigenvalue weighted by molar-refractivity contribution is 6.30. The quantitative estimate of drug-likeness (QED) is 0.859. The lowest BCUT2D eigenvalue weighted by molar-refractivity contribution is 0.726. The summed E-state index contributed by atoms with van der Waals surface area (Å²) in [6.45, 7) is 2.84. The fraction of sp³-hybridized carbons (Fsp3) is 0.294. The molecule has 100 valence electrons. The van der Waals surface area contributed by atoms with Gasteiger partial charge in [0.2, 0.25) is 0 Å². The maximum absolute atomic E-state index is 6.09. The number of benzene rings is 2. The second-order valence-electron chi connectivity index (χ2n) is 4.78. The van der Waals surface area contributed by atoms with Crippen molar-refractivity contribution in [2.75, 3.05) is 6.54 Å². The Morgan fingerprint density at radius 2 is 1.79 bits per heavy atom. The van der Waals surface area contributed by atoms with Gasteiger partial charge in [-0.15, -0.1) is 0 Å². The molecule has 0 heterocycles. The molecule has 2 N–H and O–H groups in total. The molecular formula is C17H20ClN. The molecule has 19 heavy (non-hydrogen) atoms. The molecule has 0 aliphatic heterocycles. The molecule has 0 aliphatic carbocycles. The van der Waals surface area contributed by atoms with Gasteiger partial charge in [-0.3, -0.25) is 0 Å². The van der Waals surface area contributed by atoms with Gasteiger partial charge >= 0.3 is 0 Å². The summed E-state index contributed by atoms with van der Waals surface area (Å²) in [5, 5.41) is 0.782. The number of hydrogen-bond acceptors (Lipinski definition) is 1. The minimum atomic E-state index is 0.328. The zero-order chi connectivity index (χ0) is 13.7. The Morgan fingerprint density at radius 3 is 2.37 bits per heavy atom. The lowest BCUT2D eigenvalue weighted by Gasteiger charge is -2.18. The molecule has 2 aromatic rings. The molecule has 0 saturated carbocycles. The van der Waals surface area contributed by atoms with Crippen molar-refractivity contribution in [3.05, 3.63) is 70.2 Å². The standard InChI is InChI=1S/C17H20ClN/c1-2-13-6-8-14(9-7-13)17(10-11-19)15-4-3-5-16(18)12-15/h3-9,12,17H,2,10-11,19H2,1H3. The van der Waals surface area contributed by atoms with E-state index in [1.165, 1.54) is 16.7 Å². The molecular weight excluding hydrogens is 254 g/mol. The molecule has 1 nitrogen and oxygen atoms in total. The van der Waals surface area contributed by atoms with Crippen LogP contribution in [0.3, 0.4) is 0 Å². The van der Waals surface area contributed by atoms with Crippen LogP contribution in [0.4, 0.5) is 0 Å². The lowest BCUT2D eigenvalue weighted by Crippen LogP contribution is -2.09. The van der Waals surface area contributed by atoms with E-state index in [4.69, 9.17) is 17.3 Å². The van der Waals surface area contributed by atoms with Gasteiger partial charge in [0.15, 0.2) is 0 Å². The summed E-state index contributed by atoms with van der Waals surface area (Å²) in [6, 6.07) is 16.9. The van der Waals surface area contributed by atoms with Gasteiger partial charge in [0.25, 0.3) is 0 Å². The summed E-state index contributed by atoms with van der Waals surface area (Å²) < 4.78 is 0. The first-order valence-electron chi connectivity index (χ1n) is 6.79. The molecule has 1 atom stereocenters. The minimum absolute atomic E-state index is 0.328. The predicted octanol–water partition coefficient (Wildman–Crippen LogP) is 4.38. The molecule has 0 spiro atoms. The summed E-state index contributed by atoms with van der Waals surface area (Å²) in [7, 11) is 0. The van der Waals surface area contributed by atoms with Gasteiger partial charge in [0.1, 0.15) is 0 Å². The molecule has 0 bridgehead atoms. The van der Waals surface area contributed by atoms with Crippen molar-refractivity contribution in [3.8, 4) is 0 Å². The van der Waals surface area contributed by atoms with E-state index in [1.54, 1.807) is 0 Å². The first kappa shape index (κ1) is 14.1. The van der Waals surface area contributed by atoms with Crippen LogP contribution in [-0.4, -0.2) is 6.54 Å². The van der Waals surface area contributed by atoms with E-state index < -0.39 is 0 Å². The predicted molar refractivity (Wildman–Crippen MR) is 82.8 cm³/mol. The summed E-state index contributed by atoms with van der Waals surface area (Å²) in [5.74, 6) is 0.328. The maximum atomic E-state index is 6.09. The monoisotopic (exact) mass is 273 g/mol. The van der Waals surface area contributed by atoms with E-state index in [1.807, 2.05) is 18.2 Å². The van der Waals surface area contributed by atoms with E-state index in [-0.39, 0.29) is 0 Å². The molecule has 0 aliphatic rings. The molecule has 0 fully saturated rings. The Morgan fingerprint density at radius 1 is 1.05 bits per heavy atom. The molecule has 2 rings (SSSR count). The van der Waals surface area contributed by atoms with Crippen LogP contribution in [0.15, 0.2) is 48.5 Å². The summed E-state index contributed by atoms with van der Waals surface area (Å²) >= 11 is 6.09. The van der Waals surface area contributed by atoms with Gasteiger partial charge in [0.05, 0.1) is 0 Å². The van der Waals surface area contributed by atoms with Crippen LogP contribution in [0.5, 0.6) is 0 Å². The van der Waals surface area contributed by atoms with Crippen LogP contribution in [0.1, 0.15) is 36.0 Å². The number of halogens is 1. The summed E-state index contributed by atoms with van der Waals surface area (Å²) in [4.78, 5) is 0. The van der Waals surface area contributed by atoms with Gasteiger partial charge in [-0.25, -0.2) is 0 Å². The summed E-state index contributed by atoms with van der Waals surface area (Å²) in [6.07, 6.45) is 2.00. The fourth-order valence-electron chi connectivity index (χ4n) is 2.40. The van der Waals surface area contributed by atoms with E-state index in [2.05, 4.69) is 37.3 Å². The molecule has 1 unspecified atom stereocenters. The van der Waals surface area contributed by atoms with Gasteiger partial charge in [-0.1, -0.05) is 54.9 Å². The maximum Gasteiger partial charge on any atom is 0.0408 e. The highest BCUT2D eigenvalue weighted by atomic mass is 35.5. The zero-order valence-electron chi connectivity index (χ0n) is 11.3. The lowest BCUT2D eigenvalue weighted by atomic mass is 9.88. The number of aryl methyl sites for hydroxylation is 1. The highest BCUT2D eigenvalue weighted by Crippen LogP contribution is 2.29. The van der Waals surface area contributed by atoms with Crippen molar-refractivity contribution in [2.24, 2.45) is 5.73 Å². The van der Waals surface area contributed by atoms with E-state index in [0.29, 0.717) is 12.5 Å². The van der Waals surface area contributed by atoms with Crippen molar-refractivity contribution in [1.82, 2.24) is 0 Å². The largest absolute Gasteiger partial charge is 0.330 e. The average molecular weight is 274 g/mol. The van der Waals surface area contributed by atoms with Crippen LogP contribution < -0.4 is 5.73 Å². The molecule has 2 aromatic carbocycles. The third kappa shape index (κ3) is 3.59. The molecule has 0 aromatic heterocycles. The van der Waals surface area contributed by atoms with Crippen molar-refractivity contribution in [3.63, 3.8) is 0 Å². The summed E-state index contributed by atoms with van der Waals surface area (Å²) in [5.41, 5.74) is 9.68. The number of hydrogen-bond donors (Lipinski definition) is 1. The van der Waals surface area contributed by atoms with Crippen LogP contribution in [0.2, 0.25) is 5.02 Å². The first-order valence-corrected chi connectivity index (χ1v) is 7.16. The topological polar surface area (TPSA) is 26.0 Å². The fourth-order valence-corrected chi connectivity index (χ4v) is 2.60. The number of rotatable bonds is 5.